The van der Waals surface area contributed by atoms with Gasteiger partial charge in [0.1, 0.15) is 5.75 Å². The average molecular weight is 459 g/mol. The molecule has 2 aromatic carbocycles. The van der Waals surface area contributed by atoms with E-state index in [1.807, 2.05) is 13.8 Å². The molecule has 1 saturated heterocycles. The Balaban J connectivity index is 1.57. The maximum absolute atomic E-state index is 12.9. The minimum atomic E-state index is -3.49. The molecule has 1 aliphatic rings. The molecule has 1 atom stereocenters. The quantitative estimate of drug-likeness (QED) is 0.666. The van der Waals surface area contributed by atoms with Gasteiger partial charge in [-0.2, -0.15) is 4.31 Å². The van der Waals surface area contributed by atoms with Crippen LogP contribution < -0.4 is 10.1 Å². The molecule has 1 N–H and O–H groups in total. The van der Waals surface area contributed by atoms with E-state index in [4.69, 9.17) is 4.74 Å². The molecule has 0 radical (unpaired) electrons. The van der Waals surface area contributed by atoms with E-state index in [0.29, 0.717) is 18.8 Å². The Morgan fingerprint density at radius 1 is 0.969 bits per heavy atom. The molecule has 32 heavy (non-hydrogen) atoms. The summed E-state index contributed by atoms with van der Waals surface area (Å²) in [4.78, 5) is 12.6. The fourth-order valence-electron chi connectivity index (χ4n) is 4.10. The molecule has 1 heterocycles. The van der Waals surface area contributed by atoms with E-state index in [2.05, 4.69) is 31.3 Å². The molecule has 2 aromatic rings. The van der Waals surface area contributed by atoms with Crippen molar-refractivity contribution in [2.45, 2.75) is 64.3 Å². The molecule has 7 heteroatoms. The number of benzene rings is 2. The fraction of sp³-hybridized carbons (Fsp3) is 0.480. The van der Waals surface area contributed by atoms with Crippen LogP contribution in [0.25, 0.3) is 0 Å². The summed E-state index contributed by atoms with van der Waals surface area (Å²) in [6.07, 6.45) is 3.94. The van der Waals surface area contributed by atoms with Crippen LogP contribution in [0.4, 0.5) is 0 Å². The lowest BCUT2D eigenvalue weighted by Gasteiger charge is -2.20. The third-order valence-electron chi connectivity index (χ3n) is 6.12. The number of hydrogen-bond acceptors (Lipinski definition) is 4. The van der Waals surface area contributed by atoms with Gasteiger partial charge in [-0.1, -0.05) is 25.0 Å². The molecule has 0 aliphatic carbocycles. The van der Waals surface area contributed by atoms with E-state index in [1.165, 1.54) is 11.1 Å². The SMILES string of the molecule is Cc1cc(C)c([C@@H](C)NC(=O)COc2ccc(S(=O)(=O)N3CCCCCC3)cc2)cc1C. The molecule has 0 unspecified atom stereocenters. The topological polar surface area (TPSA) is 75.7 Å². The largest absolute Gasteiger partial charge is 0.484 e. The van der Waals surface area contributed by atoms with Crippen LogP contribution in [0.5, 0.6) is 5.75 Å². The molecule has 0 aromatic heterocycles. The van der Waals surface area contributed by atoms with Crippen LogP contribution >= 0.6 is 0 Å². The standard InChI is InChI=1S/C25H34N2O4S/c1-18-15-20(3)24(16-19(18)2)21(4)26-25(28)17-31-22-9-11-23(12-10-22)32(29,30)27-13-7-5-6-8-14-27/h9-12,15-16,21H,5-8,13-14,17H2,1-4H3,(H,26,28)/t21-/m1/s1. The van der Waals surface area contributed by atoms with E-state index in [0.717, 1.165) is 36.8 Å². The highest BCUT2D eigenvalue weighted by Gasteiger charge is 2.25. The Morgan fingerprint density at radius 3 is 2.19 bits per heavy atom. The second-order valence-corrected chi connectivity index (χ2v) is 10.6. The number of nitrogens with zero attached hydrogens (tertiary/aromatic N) is 1. The summed E-state index contributed by atoms with van der Waals surface area (Å²) in [7, 11) is -3.49. The summed E-state index contributed by atoms with van der Waals surface area (Å²) in [6, 6.07) is 10.4. The number of carbonyl (C=O) groups is 1. The lowest BCUT2D eigenvalue weighted by Crippen LogP contribution is -2.32. The highest BCUT2D eigenvalue weighted by molar-refractivity contribution is 7.89. The van der Waals surface area contributed by atoms with Crippen LogP contribution in [-0.2, 0) is 14.8 Å². The predicted octanol–water partition coefficient (Wildman–Crippen LogP) is 4.43. The summed E-state index contributed by atoms with van der Waals surface area (Å²) < 4.78 is 32.9. The molecular formula is C25H34N2O4S. The van der Waals surface area contributed by atoms with Crippen molar-refractivity contribution in [3.05, 3.63) is 58.7 Å². The molecule has 1 amide bonds. The summed E-state index contributed by atoms with van der Waals surface area (Å²) in [5.41, 5.74) is 4.65. The van der Waals surface area contributed by atoms with E-state index >= 15 is 0 Å². The molecule has 1 fully saturated rings. The van der Waals surface area contributed by atoms with Gasteiger partial charge in [-0.25, -0.2) is 8.42 Å². The second kappa shape index (κ2) is 10.5. The first-order valence-corrected chi connectivity index (χ1v) is 12.7. The molecule has 6 nitrogen and oxygen atoms in total. The number of amides is 1. The van der Waals surface area contributed by atoms with Gasteiger partial charge in [0.15, 0.2) is 6.61 Å². The molecule has 0 bridgehead atoms. The second-order valence-electron chi connectivity index (χ2n) is 8.66. The summed E-state index contributed by atoms with van der Waals surface area (Å²) >= 11 is 0. The third-order valence-corrected chi connectivity index (χ3v) is 8.04. The predicted molar refractivity (Wildman–Crippen MR) is 126 cm³/mol. The van der Waals surface area contributed by atoms with Crippen LogP contribution in [-0.4, -0.2) is 38.3 Å². The van der Waals surface area contributed by atoms with Crippen molar-refractivity contribution in [2.75, 3.05) is 19.7 Å². The van der Waals surface area contributed by atoms with E-state index in [1.54, 1.807) is 28.6 Å². The summed E-state index contributed by atoms with van der Waals surface area (Å²) in [5, 5.41) is 2.97. The molecular weight excluding hydrogens is 424 g/mol. The molecule has 1 aliphatic heterocycles. The number of rotatable bonds is 7. The maximum atomic E-state index is 12.9. The summed E-state index contributed by atoms with van der Waals surface area (Å²) in [5.74, 6) is 0.237. The van der Waals surface area contributed by atoms with Crippen molar-refractivity contribution < 1.29 is 17.9 Å². The molecule has 3 rings (SSSR count). The third kappa shape index (κ3) is 5.90. The molecule has 174 valence electrons. The Labute approximate surface area is 192 Å². The van der Waals surface area contributed by atoms with E-state index in [-0.39, 0.29) is 23.5 Å². The minimum Gasteiger partial charge on any atom is -0.484 e. The van der Waals surface area contributed by atoms with E-state index < -0.39 is 10.0 Å². The first-order chi connectivity index (χ1) is 15.2. The van der Waals surface area contributed by atoms with Crippen molar-refractivity contribution in [3.8, 4) is 5.75 Å². The Bertz CT molecular complexity index is 1040. The first-order valence-electron chi connectivity index (χ1n) is 11.3. The van der Waals surface area contributed by atoms with E-state index in [9.17, 15) is 13.2 Å². The fourth-order valence-corrected chi connectivity index (χ4v) is 5.62. The minimum absolute atomic E-state index is 0.132. The highest BCUT2D eigenvalue weighted by atomic mass is 32.2. The zero-order valence-corrected chi connectivity index (χ0v) is 20.3. The van der Waals surface area contributed by atoms with Crippen molar-refractivity contribution in [2.24, 2.45) is 0 Å². The number of hydrogen-bond donors (Lipinski definition) is 1. The van der Waals surface area contributed by atoms with Gasteiger partial charge in [0.05, 0.1) is 10.9 Å². The maximum Gasteiger partial charge on any atom is 0.258 e. The number of ether oxygens (including phenoxy) is 1. The average Bonchev–Trinajstić information content (AvgIpc) is 3.05. The zero-order chi connectivity index (χ0) is 23.3. The van der Waals surface area contributed by atoms with Crippen molar-refractivity contribution in [3.63, 3.8) is 0 Å². The van der Waals surface area contributed by atoms with Crippen LogP contribution in [0.15, 0.2) is 41.3 Å². The van der Waals surface area contributed by atoms with Crippen LogP contribution in [0, 0.1) is 20.8 Å². The van der Waals surface area contributed by atoms with Crippen molar-refractivity contribution in [1.29, 1.82) is 0 Å². The number of sulfonamides is 1. The summed E-state index contributed by atoms with van der Waals surface area (Å²) in [6.45, 7) is 9.14. The van der Waals surface area contributed by atoms with Crippen LogP contribution in [0.3, 0.4) is 0 Å². The van der Waals surface area contributed by atoms with Gasteiger partial charge in [-0.05, 0) is 87.1 Å². The van der Waals surface area contributed by atoms with Crippen molar-refractivity contribution >= 4 is 15.9 Å². The lowest BCUT2D eigenvalue weighted by atomic mass is 9.96. The van der Waals surface area contributed by atoms with Gasteiger partial charge in [-0.15, -0.1) is 0 Å². The van der Waals surface area contributed by atoms with Gasteiger partial charge < -0.3 is 10.1 Å². The van der Waals surface area contributed by atoms with Crippen LogP contribution in [0.2, 0.25) is 0 Å². The monoisotopic (exact) mass is 458 g/mol. The smallest absolute Gasteiger partial charge is 0.258 e. The highest BCUT2D eigenvalue weighted by Crippen LogP contribution is 2.23. The molecule has 0 spiro atoms. The Hall–Kier alpha value is -2.38. The van der Waals surface area contributed by atoms with Gasteiger partial charge in [0, 0.05) is 13.1 Å². The lowest BCUT2D eigenvalue weighted by molar-refractivity contribution is -0.123. The normalized spacial score (nSPS) is 16.2. The zero-order valence-electron chi connectivity index (χ0n) is 19.5. The number of aryl methyl sites for hydroxylation is 3. The van der Waals surface area contributed by atoms with Gasteiger partial charge in [0.2, 0.25) is 10.0 Å². The number of carbonyl (C=O) groups excluding carboxylic acids is 1. The van der Waals surface area contributed by atoms with Gasteiger partial charge >= 0.3 is 0 Å². The first kappa shape index (κ1) is 24.3. The van der Waals surface area contributed by atoms with Gasteiger partial charge in [0.25, 0.3) is 5.91 Å². The van der Waals surface area contributed by atoms with Crippen LogP contribution in [0.1, 0.15) is 60.9 Å². The number of nitrogens with one attached hydrogen (secondary N) is 1. The van der Waals surface area contributed by atoms with Gasteiger partial charge in [-0.3, -0.25) is 4.79 Å². The Kier molecular flexibility index (Phi) is 7.96. The van der Waals surface area contributed by atoms with Crippen molar-refractivity contribution in [1.82, 2.24) is 9.62 Å². The Morgan fingerprint density at radius 2 is 1.56 bits per heavy atom. The molecule has 0 saturated carbocycles.